The Hall–Kier alpha value is -0.440. The van der Waals surface area contributed by atoms with Gasteiger partial charge < -0.3 is 4.42 Å². The summed E-state index contributed by atoms with van der Waals surface area (Å²) in [5.74, 6) is 1.21. The molecule has 1 rings (SSSR count). The molecule has 2 nitrogen and oxygen atoms in total. The smallest absolute Gasteiger partial charge is 0.198 e. The minimum atomic E-state index is 0.390. The molecule has 0 unspecified atom stereocenters. The molecule has 0 saturated heterocycles. The van der Waals surface area contributed by atoms with Crippen molar-refractivity contribution in [1.82, 2.24) is 4.98 Å². The van der Waals surface area contributed by atoms with Gasteiger partial charge in [-0.15, -0.1) is 0 Å². The Morgan fingerprint density at radius 2 is 2.30 bits per heavy atom. The van der Waals surface area contributed by atoms with Crippen LogP contribution < -0.4 is 0 Å². The molecule has 0 bridgehead atoms. The predicted octanol–water partition coefficient (Wildman–Crippen LogP) is 2.52. The first-order chi connectivity index (χ1) is 4.74. The van der Waals surface area contributed by atoms with Crippen molar-refractivity contribution >= 4 is 11.8 Å². The number of thioether (sulfide) groups is 1. The number of hydrogen-bond acceptors (Lipinski definition) is 3. The highest BCUT2D eigenvalue weighted by Gasteiger charge is 2.05. The molecule has 0 aliphatic heterocycles. The molecule has 0 N–H and O–H groups in total. The van der Waals surface area contributed by atoms with E-state index in [0.29, 0.717) is 5.92 Å². The highest BCUT2D eigenvalue weighted by molar-refractivity contribution is 7.98. The molecule has 0 radical (unpaired) electrons. The number of hydrogen-bond donors (Lipinski definition) is 0. The van der Waals surface area contributed by atoms with Crippen LogP contribution in [0.2, 0.25) is 0 Å². The molecule has 1 aromatic heterocycles. The molecule has 3 heteroatoms. The van der Waals surface area contributed by atoms with Crippen LogP contribution in [0.3, 0.4) is 0 Å². The fourth-order valence-corrected chi connectivity index (χ4v) is 0.960. The van der Waals surface area contributed by atoms with Crippen LogP contribution in [0.1, 0.15) is 25.7 Å². The van der Waals surface area contributed by atoms with Crippen molar-refractivity contribution in [1.29, 1.82) is 0 Å². The summed E-state index contributed by atoms with van der Waals surface area (Å²) < 4.78 is 5.35. The van der Waals surface area contributed by atoms with Gasteiger partial charge in [0.1, 0.15) is 0 Å². The third kappa shape index (κ3) is 1.53. The van der Waals surface area contributed by atoms with Crippen molar-refractivity contribution in [3.63, 3.8) is 0 Å². The first-order valence-electron chi connectivity index (χ1n) is 3.23. The molecular formula is C7H11NOS. The monoisotopic (exact) mass is 157 g/mol. The molecule has 0 aliphatic rings. The fraction of sp³-hybridized carbons (Fsp3) is 0.571. The number of nitrogens with zero attached hydrogens (tertiary/aromatic N) is 1. The maximum Gasteiger partial charge on any atom is 0.198 e. The zero-order valence-corrected chi connectivity index (χ0v) is 7.23. The van der Waals surface area contributed by atoms with Crippen LogP contribution in [0, 0.1) is 0 Å². The molecule has 0 amide bonds. The third-order valence-corrected chi connectivity index (χ3v) is 1.79. The fourth-order valence-electron chi connectivity index (χ4n) is 0.633. The largest absolute Gasteiger partial charge is 0.434 e. The van der Waals surface area contributed by atoms with Crippen molar-refractivity contribution in [2.75, 3.05) is 6.26 Å². The van der Waals surface area contributed by atoms with Gasteiger partial charge in [0.15, 0.2) is 11.0 Å². The van der Waals surface area contributed by atoms with Gasteiger partial charge in [-0.2, -0.15) is 0 Å². The van der Waals surface area contributed by atoms with E-state index >= 15 is 0 Å². The van der Waals surface area contributed by atoms with Gasteiger partial charge in [-0.25, -0.2) is 4.98 Å². The standard InChI is InChI=1S/C7H11NOS/c1-5(2)7-8-4-6(9-7)10-3/h4-5H,1-3H3. The quantitative estimate of drug-likeness (QED) is 0.617. The highest BCUT2D eigenvalue weighted by Crippen LogP contribution is 2.19. The van der Waals surface area contributed by atoms with Crippen molar-refractivity contribution in [3.8, 4) is 0 Å². The Morgan fingerprint density at radius 1 is 1.60 bits per heavy atom. The summed E-state index contributed by atoms with van der Waals surface area (Å²) in [5, 5.41) is 0.892. The molecule has 0 fully saturated rings. The van der Waals surface area contributed by atoms with Gasteiger partial charge in [0.05, 0.1) is 6.20 Å². The van der Waals surface area contributed by atoms with E-state index in [9.17, 15) is 0 Å². The van der Waals surface area contributed by atoms with Crippen molar-refractivity contribution in [3.05, 3.63) is 12.1 Å². The summed E-state index contributed by atoms with van der Waals surface area (Å²) in [5.41, 5.74) is 0. The zero-order chi connectivity index (χ0) is 7.56. The minimum Gasteiger partial charge on any atom is -0.434 e. The van der Waals surface area contributed by atoms with Crippen LogP contribution in [-0.4, -0.2) is 11.2 Å². The molecular weight excluding hydrogens is 146 g/mol. The average Bonchev–Trinajstić information content (AvgIpc) is 2.34. The molecule has 0 atom stereocenters. The Kier molecular flexibility index (Phi) is 2.38. The van der Waals surface area contributed by atoms with E-state index in [1.54, 1.807) is 18.0 Å². The Bertz CT molecular complexity index is 207. The number of rotatable bonds is 2. The molecule has 1 heterocycles. The van der Waals surface area contributed by atoms with Crippen LogP contribution in [0.4, 0.5) is 0 Å². The lowest BCUT2D eigenvalue weighted by atomic mass is 10.2. The van der Waals surface area contributed by atoms with Gasteiger partial charge in [0, 0.05) is 5.92 Å². The van der Waals surface area contributed by atoms with Crippen LogP contribution in [0.25, 0.3) is 0 Å². The summed E-state index contributed by atoms with van der Waals surface area (Å²) in [6, 6.07) is 0. The summed E-state index contributed by atoms with van der Waals surface area (Å²) >= 11 is 1.58. The SMILES string of the molecule is CSc1cnc(C(C)C)o1. The second kappa shape index (κ2) is 3.10. The molecule has 0 spiro atoms. The first kappa shape index (κ1) is 7.66. The summed E-state index contributed by atoms with van der Waals surface area (Å²) in [7, 11) is 0. The lowest BCUT2D eigenvalue weighted by molar-refractivity contribution is 0.407. The maximum atomic E-state index is 5.35. The molecule has 10 heavy (non-hydrogen) atoms. The Labute approximate surface area is 65.0 Å². The van der Waals surface area contributed by atoms with Gasteiger partial charge in [-0.05, 0) is 6.26 Å². The third-order valence-electron chi connectivity index (χ3n) is 1.20. The van der Waals surface area contributed by atoms with E-state index in [1.165, 1.54) is 0 Å². The predicted molar refractivity (Wildman–Crippen MR) is 42.4 cm³/mol. The van der Waals surface area contributed by atoms with E-state index in [4.69, 9.17) is 4.42 Å². The van der Waals surface area contributed by atoms with E-state index < -0.39 is 0 Å². The minimum absolute atomic E-state index is 0.390. The van der Waals surface area contributed by atoms with Gasteiger partial charge in [-0.1, -0.05) is 25.6 Å². The van der Waals surface area contributed by atoms with Crippen LogP contribution in [-0.2, 0) is 0 Å². The van der Waals surface area contributed by atoms with Gasteiger partial charge in [0.25, 0.3) is 0 Å². The second-order valence-electron chi connectivity index (χ2n) is 2.38. The van der Waals surface area contributed by atoms with Crippen molar-refractivity contribution < 1.29 is 4.42 Å². The van der Waals surface area contributed by atoms with Crippen LogP contribution in [0.15, 0.2) is 15.7 Å². The zero-order valence-electron chi connectivity index (χ0n) is 6.42. The van der Waals surface area contributed by atoms with E-state index in [2.05, 4.69) is 18.8 Å². The van der Waals surface area contributed by atoms with Crippen molar-refractivity contribution in [2.45, 2.75) is 24.9 Å². The van der Waals surface area contributed by atoms with Gasteiger partial charge in [0.2, 0.25) is 0 Å². The van der Waals surface area contributed by atoms with E-state index in [1.807, 2.05) is 6.26 Å². The summed E-state index contributed by atoms with van der Waals surface area (Å²) in [4.78, 5) is 4.10. The Morgan fingerprint density at radius 3 is 2.60 bits per heavy atom. The first-order valence-corrected chi connectivity index (χ1v) is 4.46. The topological polar surface area (TPSA) is 26.0 Å². The Balaban J connectivity index is 2.78. The van der Waals surface area contributed by atoms with Gasteiger partial charge in [-0.3, -0.25) is 0 Å². The lowest BCUT2D eigenvalue weighted by Gasteiger charge is -1.94. The summed E-state index contributed by atoms with van der Waals surface area (Å²) in [6.07, 6.45) is 3.74. The molecule has 0 aliphatic carbocycles. The van der Waals surface area contributed by atoms with Crippen LogP contribution >= 0.6 is 11.8 Å². The van der Waals surface area contributed by atoms with Crippen molar-refractivity contribution in [2.24, 2.45) is 0 Å². The van der Waals surface area contributed by atoms with E-state index in [-0.39, 0.29) is 0 Å². The molecule has 0 saturated carbocycles. The molecule has 56 valence electrons. The van der Waals surface area contributed by atoms with Crippen LogP contribution in [0.5, 0.6) is 0 Å². The summed E-state index contributed by atoms with van der Waals surface area (Å²) in [6.45, 7) is 4.13. The maximum absolute atomic E-state index is 5.35. The molecule has 0 aromatic carbocycles. The lowest BCUT2D eigenvalue weighted by Crippen LogP contribution is -1.84. The molecule has 1 aromatic rings. The van der Waals surface area contributed by atoms with E-state index in [0.717, 1.165) is 11.0 Å². The number of aromatic nitrogens is 1. The number of oxazole rings is 1. The second-order valence-corrected chi connectivity index (χ2v) is 3.19. The normalized spacial score (nSPS) is 10.8. The average molecular weight is 157 g/mol. The highest BCUT2D eigenvalue weighted by atomic mass is 32.2. The van der Waals surface area contributed by atoms with Gasteiger partial charge >= 0.3 is 0 Å².